The highest BCUT2D eigenvalue weighted by Crippen LogP contribution is 2.53. The molecule has 0 saturated heterocycles. The van der Waals surface area contributed by atoms with Crippen LogP contribution in [-0.4, -0.2) is 9.13 Å². The number of hydrogen-bond acceptors (Lipinski definition) is 1. The summed E-state index contributed by atoms with van der Waals surface area (Å²) < 4.78 is 4.88. The van der Waals surface area contributed by atoms with Crippen molar-refractivity contribution in [1.29, 1.82) is 5.26 Å². The van der Waals surface area contributed by atoms with E-state index in [-0.39, 0.29) is 0 Å². The molecular formula is C55H35N3. The van der Waals surface area contributed by atoms with E-state index in [1.807, 2.05) is 12.1 Å². The van der Waals surface area contributed by atoms with Gasteiger partial charge in [-0.3, -0.25) is 0 Å². The third-order valence-corrected chi connectivity index (χ3v) is 11.5. The van der Waals surface area contributed by atoms with E-state index in [1.165, 1.54) is 27.1 Å². The molecule has 0 unspecified atom stereocenters. The Labute approximate surface area is 336 Å². The molecule has 0 N–H and O–H groups in total. The standard InChI is InChI=1S/C55H35N3/c56-36-44-49(37-20-6-1-7-21-37)51(39-24-10-3-11-25-39)55(52(40-26-12-4-13-27-40)50(44)38-22-8-2-9-23-38)58-46-33-19-17-31-43(46)54-48(58)35-34-47-53(54)42-30-16-18-32-45(42)57(47)41-28-14-5-15-29-41/h1-35H. The highest BCUT2D eigenvalue weighted by molar-refractivity contribution is 6.29. The molecule has 0 aliphatic carbocycles. The molecule has 11 aromatic rings. The van der Waals surface area contributed by atoms with Crippen LogP contribution < -0.4 is 0 Å². The van der Waals surface area contributed by atoms with Crippen LogP contribution in [-0.2, 0) is 0 Å². The number of fused-ring (bicyclic) bond motifs is 7. The second-order valence-corrected chi connectivity index (χ2v) is 14.7. The van der Waals surface area contributed by atoms with Crippen molar-refractivity contribution in [3.05, 3.63) is 218 Å². The van der Waals surface area contributed by atoms with E-state index in [0.29, 0.717) is 5.56 Å². The van der Waals surface area contributed by atoms with E-state index in [1.54, 1.807) is 0 Å². The van der Waals surface area contributed by atoms with Gasteiger partial charge in [-0.05, 0) is 58.7 Å². The fourth-order valence-corrected chi connectivity index (χ4v) is 9.25. The number of hydrogen-bond donors (Lipinski definition) is 0. The molecule has 58 heavy (non-hydrogen) atoms. The lowest BCUT2D eigenvalue weighted by atomic mass is 9.79. The zero-order chi connectivity index (χ0) is 38.6. The number of para-hydroxylation sites is 3. The zero-order valence-electron chi connectivity index (χ0n) is 31.5. The van der Waals surface area contributed by atoms with Crippen LogP contribution in [0.3, 0.4) is 0 Å². The van der Waals surface area contributed by atoms with Gasteiger partial charge in [0.15, 0.2) is 0 Å². The molecule has 3 heteroatoms. The van der Waals surface area contributed by atoms with Crippen molar-refractivity contribution in [3.63, 3.8) is 0 Å². The Morgan fingerprint density at radius 3 is 1.09 bits per heavy atom. The zero-order valence-corrected chi connectivity index (χ0v) is 31.5. The smallest absolute Gasteiger partial charge is 0.100 e. The molecular weight excluding hydrogens is 703 g/mol. The van der Waals surface area contributed by atoms with Gasteiger partial charge in [-0.25, -0.2) is 0 Å². The maximum atomic E-state index is 11.5. The molecule has 2 aromatic heterocycles. The van der Waals surface area contributed by atoms with Gasteiger partial charge in [-0.1, -0.05) is 176 Å². The van der Waals surface area contributed by atoms with Crippen LogP contribution in [0, 0.1) is 11.3 Å². The van der Waals surface area contributed by atoms with Crippen molar-refractivity contribution in [1.82, 2.24) is 9.13 Å². The summed E-state index contributed by atoms with van der Waals surface area (Å²) in [6, 6.07) is 77.8. The Morgan fingerprint density at radius 1 is 0.310 bits per heavy atom. The quantitative estimate of drug-likeness (QED) is 0.167. The van der Waals surface area contributed by atoms with Gasteiger partial charge in [0.25, 0.3) is 0 Å². The molecule has 0 fully saturated rings. The lowest BCUT2D eigenvalue weighted by Gasteiger charge is -2.27. The van der Waals surface area contributed by atoms with Gasteiger partial charge in [0, 0.05) is 49.5 Å². The number of nitrogens with zero attached hydrogens (tertiary/aromatic N) is 3. The fraction of sp³-hybridized carbons (Fsp3) is 0. The second-order valence-electron chi connectivity index (χ2n) is 14.7. The molecule has 3 nitrogen and oxygen atoms in total. The summed E-state index contributed by atoms with van der Waals surface area (Å²) in [6.45, 7) is 0. The average molecular weight is 738 g/mol. The average Bonchev–Trinajstić information content (AvgIpc) is 3.82. The SMILES string of the molecule is N#Cc1c(-c2ccccc2)c(-c2ccccc2)c(-n2c3ccccc3c3c4c5ccccc5n(-c5ccccc5)c4ccc32)c(-c2ccccc2)c1-c1ccccc1. The Bertz CT molecular complexity index is 3250. The van der Waals surface area contributed by atoms with Crippen molar-refractivity contribution in [3.8, 4) is 62.0 Å². The first kappa shape index (κ1) is 33.4. The Hall–Kier alpha value is -7.93. The summed E-state index contributed by atoms with van der Waals surface area (Å²) in [5, 5.41) is 16.3. The second kappa shape index (κ2) is 13.7. The van der Waals surface area contributed by atoms with Crippen LogP contribution in [0.25, 0.3) is 99.5 Å². The van der Waals surface area contributed by atoms with Gasteiger partial charge in [0.05, 0.1) is 33.3 Å². The van der Waals surface area contributed by atoms with Gasteiger partial charge in [-0.2, -0.15) is 5.26 Å². The summed E-state index contributed by atoms with van der Waals surface area (Å²) in [5.74, 6) is 0. The van der Waals surface area contributed by atoms with Crippen molar-refractivity contribution >= 4 is 43.6 Å². The molecule has 11 rings (SSSR count). The lowest BCUT2D eigenvalue weighted by Crippen LogP contribution is -2.07. The summed E-state index contributed by atoms with van der Waals surface area (Å²) in [5.41, 5.74) is 15.2. The van der Waals surface area contributed by atoms with E-state index < -0.39 is 0 Å². The maximum absolute atomic E-state index is 11.5. The number of benzene rings is 9. The molecule has 0 amide bonds. The van der Waals surface area contributed by atoms with Crippen LogP contribution in [0.15, 0.2) is 212 Å². The molecule has 9 aromatic carbocycles. The van der Waals surface area contributed by atoms with Crippen LogP contribution in [0.4, 0.5) is 0 Å². The highest BCUT2D eigenvalue weighted by Gasteiger charge is 2.31. The largest absolute Gasteiger partial charge is 0.309 e. The van der Waals surface area contributed by atoms with Crippen LogP contribution in [0.1, 0.15) is 5.56 Å². The molecule has 0 bridgehead atoms. The molecule has 0 aliphatic rings. The summed E-state index contributed by atoms with van der Waals surface area (Å²) in [7, 11) is 0. The monoisotopic (exact) mass is 737 g/mol. The van der Waals surface area contributed by atoms with Gasteiger partial charge < -0.3 is 9.13 Å². The van der Waals surface area contributed by atoms with Gasteiger partial charge >= 0.3 is 0 Å². The summed E-state index contributed by atoms with van der Waals surface area (Å²) >= 11 is 0. The van der Waals surface area contributed by atoms with Crippen molar-refractivity contribution < 1.29 is 0 Å². The Morgan fingerprint density at radius 2 is 0.655 bits per heavy atom. The molecule has 0 atom stereocenters. The van der Waals surface area contributed by atoms with Crippen LogP contribution >= 0.6 is 0 Å². The van der Waals surface area contributed by atoms with Crippen molar-refractivity contribution in [2.75, 3.05) is 0 Å². The predicted octanol–water partition coefficient (Wildman–Crippen LogP) is 14.4. The van der Waals surface area contributed by atoms with E-state index in [0.717, 1.165) is 72.4 Å². The molecule has 0 aliphatic heterocycles. The minimum Gasteiger partial charge on any atom is -0.309 e. The Kier molecular flexibility index (Phi) is 7.88. The molecule has 270 valence electrons. The first-order valence-electron chi connectivity index (χ1n) is 19.7. The van der Waals surface area contributed by atoms with E-state index in [2.05, 4.69) is 215 Å². The minimum atomic E-state index is 0.646. The first-order chi connectivity index (χ1) is 28.8. The lowest BCUT2D eigenvalue weighted by molar-refractivity contribution is 1.17. The van der Waals surface area contributed by atoms with Gasteiger partial charge in [0.2, 0.25) is 0 Å². The van der Waals surface area contributed by atoms with Crippen LogP contribution in [0.5, 0.6) is 0 Å². The number of aromatic nitrogens is 2. The maximum Gasteiger partial charge on any atom is 0.100 e. The first-order valence-corrected chi connectivity index (χ1v) is 19.7. The van der Waals surface area contributed by atoms with Crippen LogP contribution in [0.2, 0.25) is 0 Å². The summed E-state index contributed by atoms with van der Waals surface area (Å²) in [6.07, 6.45) is 0. The molecule has 0 saturated carbocycles. The fourth-order valence-electron chi connectivity index (χ4n) is 9.25. The minimum absolute atomic E-state index is 0.646. The van der Waals surface area contributed by atoms with Gasteiger partial charge in [0.1, 0.15) is 6.07 Å². The highest BCUT2D eigenvalue weighted by atomic mass is 15.0. The molecule has 0 spiro atoms. The molecule has 0 radical (unpaired) electrons. The van der Waals surface area contributed by atoms with E-state index in [9.17, 15) is 5.26 Å². The van der Waals surface area contributed by atoms with Gasteiger partial charge in [-0.15, -0.1) is 0 Å². The van der Waals surface area contributed by atoms with Crippen molar-refractivity contribution in [2.24, 2.45) is 0 Å². The number of rotatable bonds is 6. The van der Waals surface area contributed by atoms with Crippen molar-refractivity contribution in [2.45, 2.75) is 0 Å². The molecule has 2 heterocycles. The van der Waals surface area contributed by atoms with E-state index >= 15 is 0 Å². The Balaban J connectivity index is 1.42. The predicted molar refractivity (Wildman–Crippen MR) is 242 cm³/mol. The normalized spacial score (nSPS) is 11.4. The topological polar surface area (TPSA) is 33.6 Å². The van der Waals surface area contributed by atoms with E-state index in [4.69, 9.17) is 0 Å². The third kappa shape index (κ3) is 5.06. The summed E-state index contributed by atoms with van der Waals surface area (Å²) in [4.78, 5) is 0. The number of nitriles is 1. The third-order valence-electron chi connectivity index (χ3n) is 11.5.